The lowest BCUT2D eigenvalue weighted by Gasteiger charge is -2.22. The van der Waals surface area contributed by atoms with Crippen LogP contribution in [-0.4, -0.2) is 46.1 Å². The third kappa shape index (κ3) is 2.61. The number of halogens is 1. The second-order valence-electron chi connectivity index (χ2n) is 4.48. The number of hydrogen-bond acceptors (Lipinski definition) is 6. The molecule has 0 amide bonds. The topological polar surface area (TPSA) is 88.1 Å². The lowest BCUT2D eigenvalue weighted by molar-refractivity contribution is -0.0946. The number of nitrogens with two attached hydrogens (primary N) is 1. The number of anilines is 1. The van der Waals surface area contributed by atoms with Gasteiger partial charge in [-0.2, -0.15) is 0 Å². The lowest BCUT2D eigenvalue weighted by Crippen LogP contribution is -2.32. The summed E-state index contributed by atoms with van der Waals surface area (Å²) in [4.78, 5) is 0. The first kappa shape index (κ1) is 12.9. The fourth-order valence-corrected chi connectivity index (χ4v) is 2.09. The first-order valence-corrected chi connectivity index (χ1v) is 6.25. The molecule has 2 aromatic rings. The maximum atomic E-state index is 13.1. The Balaban J connectivity index is 1.85. The smallest absolute Gasteiger partial charge is 0.184 e. The van der Waals surface area contributed by atoms with Gasteiger partial charge in [0, 0.05) is 11.3 Å². The van der Waals surface area contributed by atoms with Crippen LogP contribution in [0.1, 0.15) is 0 Å². The molecular formula is C12H14FN5O2. The minimum absolute atomic E-state index is 0.104. The zero-order valence-corrected chi connectivity index (χ0v) is 10.7. The largest absolute Gasteiger partial charge is 0.398 e. The summed E-state index contributed by atoms with van der Waals surface area (Å²) in [5.74, 6) is 0.0889. The van der Waals surface area contributed by atoms with Gasteiger partial charge in [0.2, 0.25) is 0 Å². The standard InChI is InChI=1S/C12H14FN5O2/c13-8-1-2-10(11(14)5-8)12-15-16-17-18(12)6-9-7-19-3-4-20-9/h1-2,5,9H,3-4,6-7,14H2. The van der Waals surface area contributed by atoms with Gasteiger partial charge in [-0.25, -0.2) is 9.07 Å². The number of ether oxygens (including phenoxy) is 2. The van der Waals surface area contributed by atoms with Crippen molar-refractivity contribution in [3.8, 4) is 11.4 Å². The molecule has 3 rings (SSSR count). The number of aromatic nitrogens is 4. The molecule has 0 aliphatic carbocycles. The van der Waals surface area contributed by atoms with Crippen molar-refractivity contribution in [2.24, 2.45) is 0 Å². The number of tetrazole rings is 1. The van der Waals surface area contributed by atoms with Crippen molar-refractivity contribution in [2.45, 2.75) is 12.6 Å². The van der Waals surface area contributed by atoms with Crippen LogP contribution in [0.4, 0.5) is 10.1 Å². The Morgan fingerprint density at radius 1 is 1.40 bits per heavy atom. The average molecular weight is 279 g/mol. The summed E-state index contributed by atoms with van der Waals surface area (Å²) in [5.41, 5.74) is 6.69. The molecule has 0 radical (unpaired) electrons. The summed E-state index contributed by atoms with van der Waals surface area (Å²) in [6.07, 6.45) is -0.104. The van der Waals surface area contributed by atoms with Gasteiger partial charge in [0.05, 0.1) is 26.4 Å². The first-order chi connectivity index (χ1) is 9.74. The highest BCUT2D eigenvalue weighted by Gasteiger charge is 2.19. The second-order valence-corrected chi connectivity index (χ2v) is 4.48. The monoisotopic (exact) mass is 279 g/mol. The molecule has 7 nitrogen and oxygen atoms in total. The predicted octanol–water partition coefficient (Wildman–Crippen LogP) is 0.477. The van der Waals surface area contributed by atoms with Crippen molar-refractivity contribution in [3.05, 3.63) is 24.0 Å². The molecular weight excluding hydrogens is 265 g/mol. The van der Waals surface area contributed by atoms with Gasteiger partial charge in [0.15, 0.2) is 5.82 Å². The van der Waals surface area contributed by atoms with Crippen molar-refractivity contribution < 1.29 is 13.9 Å². The number of rotatable bonds is 3. The normalized spacial score (nSPS) is 19.1. The number of nitrogens with zero attached hydrogens (tertiary/aromatic N) is 4. The Bertz CT molecular complexity index is 597. The summed E-state index contributed by atoms with van der Waals surface area (Å²) < 4.78 is 25.6. The fraction of sp³-hybridized carbons (Fsp3) is 0.417. The van der Waals surface area contributed by atoms with Crippen molar-refractivity contribution in [2.75, 3.05) is 25.6 Å². The zero-order valence-electron chi connectivity index (χ0n) is 10.7. The molecule has 0 bridgehead atoms. The van der Waals surface area contributed by atoms with Gasteiger partial charge in [-0.15, -0.1) is 5.10 Å². The van der Waals surface area contributed by atoms with Gasteiger partial charge in [0.25, 0.3) is 0 Å². The molecule has 1 saturated heterocycles. The predicted molar refractivity (Wildman–Crippen MR) is 68.2 cm³/mol. The molecule has 1 atom stereocenters. The van der Waals surface area contributed by atoms with Gasteiger partial charge >= 0.3 is 0 Å². The maximum absolute atomic E-state index is 13.1. The summed E-state index contributed by atoms with van der Waals surface area (Å²) in [6, 6.07) is 4.13. The Kier molecular flexibility index (Phi) is 3.57. The van der Waals surface area contributed by atoms with Crippen molar-refractivity contribution >= 4 is 5.69 Å². The number of hydrogen-bond donors (Lipinski definition) is 1. The van der Waals surface area contributed by atoms with Crippen LogP contribution < -0.4 is 5.73 Å². The Morgan fingerprint density at radius 2 is 2.30 bits per heavy atom. The minimum atomic E-state index is -0.394. The molecule has 0 saturated carbocycles. The van der Waals surface area contributed by atoms with Crippen LogP contribution in [-0.2, 0) is 16.0 Å². The van der Waals surface area contributed by atoms with E-state index in [1.165, 1.54) is 12.1 Å². The molecule has 106 valence electrons. The van der Waals surface area contributed by atoms with Gasteiger partial charge in [-0.1, -0.05) is 0 Å². The van der Waals surface area contributed by atoms with E-state index in [1.807, 2.05) is 0 Å². The van der Waals surface area contributed by atoms with E-state index in [9.17, 15) is 4.39 Å². The number of benzene rings is 1. The van der Waals surface area contributed by atoms with E-state index in [0.717, 1.165) is 0 Å². The molecule has 1 unspecified atom stereocenters. The quantitative estimate of drug-likeness (QED) is 0.822. The summed E-state index contributed by atoms with van der Waals surface area (Å²) >= 11 is 0. The minimum Gasteiger partial charge on any atom is -0.398 e. The van der Waals surface area contributed by atoms with Crippen LogP contribution in [0.3, 0.4) is 0 Å². The van der Waals surface area contributed by atoms with Crippen molar-refractivity contribution in [1.82, 2.24) is 20.2 Å². The molecule has 1 aromatic heterocycles. The van der Waals surface area contributed by atoms with Gasteiger partial charge in [-0.05, 0) is 28.6 Å². The van der Waals surface area contributed by atoms with E-state index in [1.54, 1.807) is 10.7 Å². The average Bonchev–Trinajstić information content (AvgIpc) is 2.88. The molecule has 20 heavy (non-hydrogen) atoms. The SMILES string of the molecule is Nc1cc(F)ccc1-c1nnnn1CC1COCCO1. The van der Waals surface area contributed by atoms with Crippen LogP contribution in [0, 0.1) is 5.82 Å². The van der Waals surface area contributed by atoms with Gasteiger partial charge in [-0.3, -0.25) is 0 Å². The van der Waals surface area contributed by atoms with Crippen molar-refractivity contribution in [3.63, 3.8) is 0 Å². The highest BCUT2D eigenvalue weighted by atomic mass is 19.1. The van der Waals surface area contributed by atoms with Crippen LogP contribution in [0.15, 0.2) is 18.2 Å². The van der Waals surface area contributed by atoms with Crippen LogP contribution in [0.5, 0.6) is 0 Å². The van der Waals surface area contributed by atoms with Crippen LogP contribution >= 0.6 is 0 Å². The third-order valence-electron chi connectivity index (χ3n) is 3.05. The van der Waals surface area contributed by atoms with E-state index in [0.29, 0.717) is 43.4 Å². The highest BCUT2D eigenvalue weighted by molar-refractivity contribution is 5.71. The Labute approximate surface area is 114 Å². The highest BCUT2D eigenvalue weighted by Crippen LogP contribution is 2.24. The third-order valence-corrected chi connectivity index (χ3v) is 3.05. The number of nitrogen functional groups attached to an aromatic ring is 1. The zero-order chi connectivity index (χ0) is 13.9. The molecule has 1 aliphatic rings. The van der Waals surface area contributed by atoms with E-state index in [4.69, 9.17) is 15.2 Å². The fourth-order valence-electron chi connectivity index (χ4n) is 2.09. The summed E-state index contributed by atoms with van der Waals surface area (Å²) in [7, 11) is 0. The first-order valence-electron chi connectivity index (χ1n) is 6.25. The molecule has 1 aliphatic heterocycles. The molecule has 1 fully saturated rings. The second kappa shape index (κ2) is 5.51. The van der Waals surface area contributed by atoms with E-state index in [2.05, 4.69) is 15.5 Å². The Morgan fingerprint density at radius 3 is 3.05 bits per heavy atom. The summed E-state index contributed by atoms with van der Waals surface area (Å²) in [6.45, 7) is 2.11. The van der Waals surface area contributed by atoms with Crippen LogP contribution in [0.25, 0.3) is 11.4 Å². The Hall–Kier alpha value is -2.06. The lowest BCUT2D eigenvalue weighted by atomic mass is 10.1. The van der Waals surface area contributed by atoms with E-state index < -0.39 is 5.82 Å². The van der Waals surface area contributed by atoms with E-state index in [-0.39, 0.29) is 6.10 Å². The van der Waals surface area contributed by atoms with Gasteiger partial charge < -0.3 is 15.2 Å². The van der Waals surface area contributed by atoms with Crippen LogP contribution in [0.2, 0.25) is 0 Å². The molecule has 0 spiro atoms. The maximum Gasteiger partial charge on any atom is 0.184 e. The van der Waals surface area contributed by atoms with E-state index >= 15 is 0 Å². The molecule has 2 N–H and O–H groups in total. The molecule has 2 heterocycles. The molecule has 1 aromatic carbocycles. The van der Waals surface area contributed by atoms with Gasteiger partial charge in [0.1, 0.15) is 11.9 Å². The summed E-state index contributed by atoms with van der Waals surface area (Å²) in [5, 5.41) is 11.5. The van der Waals surface area contributed by atoms with Crippen molar-refractivity contribution in [1.29, 1.82) is 0 Å². The molecule has 8 heteroatoms.